The maximum absolute atomic E-state index is 13.5. The van der Waals surface area contributed by atoms with Crippen LogP contribution in [0, 0.1) is 18.7 Å². The number of aromatic nitrogens is 2. The number of benzene rings is 2. The number of nitrogens with zero attached hydrogens (tertiary/aromatic N) is 3. The van der Waals surface area contributed by atoms with Crippen LogP contribution in [0.5, 0.6) is 0 Å². The average Bonchev–Trinajstić information content (AvgIpc) is 3.18. The lowest BCUT2D eigenvalue weighted by atomic mass is 9.98. The van der Waals surface area contributed by atoms with Gasteiger partial charge in [0.25, 0.3) is 0 Å². The molecular formula is C25H28FN5O. The maximum atomic E-state index is 13.5. The highest BCUT2D eigenvalue weighted by Gasteiger charge is 2.31. The SMILES string of the molecule is Cc1ccc(Nc2c(-c3ccc(F)cc3)nc3n2CCN(C(=O)C2CCCNC2)C3)cc1. The predicted molar refractivity (Wildman–Crippen MR) is 123 cm³/mol. The molecule has 1 aromatic heterocycles. The van der Waals surface area contributed by atoms with E-state index in [9.17, 15) is 9.18 Å². The normalized spacial score (nSPS) is 18.3. The summed E-state index contributed by atoms with van der Waals surface area (Å²) in [5.41, 5.74) is 3.77. The van der Waals surface area contributed by atoms with Gasteiger partial charge < -0.3 is 20.1 Å². The third kappa shape index (κ3) is 4.12. The number of aryl methyl sites for hydroxylation is 1. The van der Waals surface area contributed by atoms with E-state index in [4.69, 9.17) is 4.98 Å². The summed E-state index contributed by atoms with van der Waals surface area (Å²) in [5, 5.41) is 6.86. The first-order valence-electron chi connectivity index (χ1n) is 11.3. The van der Waals surface area contributed by atoms with Crippen LogP contribution in [-0.2, 0) is 17.9 Å². The fraction of sp³-hybridized carbons (Fsp3) is 0.360. The number of piperidine rings is 1. The minimum atomic E-state index is -0.274. The van der Waals surface area contributed by atoms with Crippen molar-refractivity contribution in [1.29, 1.82) is 0 Å². The van der Waals surface area contributed by atoms with E-state index in [0.717, 1.165) is 54.5 Å². The molecule has 7 heteroatoms. The van der Waals surface area contributed by atoms with Crippen molar-refractivity contribution in [2.45, 2.75) is 32.9 Å². The molecule has 2 aliphatic rings. The van der Waals surface area contributed by atoms with Gasteiger partial charge in [-0.3, -0.25) is 4.79 Å². The van der Waals surface area contributed by atoms with Crippen molar-refractivity contribution in [2.75, 3.05) is 25.0 Å². The zero-order valence-corrected chi connectivity index (χ0v) is 18.3. The Morgan fingerprint density at radius 1 is 1.12 bits per heavy atom. The van der Waals surface area contributed by atoms with Crippen LogP contribution < -0.4 is 10.6 Å². The summed E-state index contributed by atoms with van der Waals surface area (Å²) >= 11 is 0. The lowest BCUT2D eigenvalue weighted by molar-refractivity contribution is -0.137. The van der Waals surface area contributed by atoms with Gasteiger partial charge in [-0.25, -0.2) is 9.37 Å². The summed E-state index contributed by atoms with van der Waals surface area (Å²) in [6.45, 7) is 5.61. The van der Waals surface area contributed by atoms with Gasteiger partial charge in [0.2, 0.25) is 5.91 Å². The number of hydrogen-bond acceptors (Lipinski definition) is 4. The second-order valence-electron chi connectivity index (χ2n) is 8.68. The van der Waals surface area contributed by atoms with Crippen molar-refractivity contribution in [3.63, 3.8) is 0 Å². The highest BCUT2D eigenvalue weighted by atomic mass is 19.1. The number of carbonyl (C=O) groups is 1. The molecule has 0 radical (unpaired) electrons. The lowest BCUT2D eigenvalue weighted by Gasteiger charge is -2.33. The molecule has 6 nitrogen and oxygen atoms in total. The molecule has 1 fully saturated rings. The number of halogens is 1. The fourth-order valence-electron chi connectivity index (χ4n) is 4.55. The van der Waals surface area contributed by atoms with E-state index in [1.165, 1.54) is 17.7 Å². The zero-order chi connectivity index (χ0) is 22.1. The van der Waals surface area contributed by atoms with Crippen molar-refractivity contribution in [3.8, 4) is 11.3 Å². The molecule has 1 saturated heterocycles. The molecule has 1 unspecified atom stereocenters. The third-order valence-corrected chi connectivity index (χ3v) is 6.36. The van der Waals surface area contributed by atoms with Crippen LogP contribution in [0.3, 0.4) is 0 Å². The van der Waals surface area contributed by atoms with Crippen molar-refractivity contribution < 1.29 is 9.18 Å². The van der Waals surface area contributed by atoms with E-state index in [1.54, 1.807) is 12.1 Å². The third-order valence-electron chi connectivity index (χ3n) is 6.36. The molecule has 1 amide bonds. The van der Waals surface area contributed by atoms with Gasteiger partial charge in [-0.2, -0.15) is 0 Å². The summed E-state index contributed by atoms with van der Waals surface area (Å²) < 4.78 is 15.7. The number of fused-ring (bicyclic) bond motifs is 1. The van der Waals surface area contributed by atoms with Gasteiger partial charge in [0, 0.05) is 30.9 Å². The maximum Gasteiger partial charge on any atom is 0.227 e. The number of hydrogen-bond donors (Lipinski definition) is 2. The van der Waals surface area contributed by atoms with E-state index in [-0.39, 0.29) is 17.6 Å². The van der Waals surface area contributed by atoms with E-state index < -0.39 is 0 Å². The molecule has 0 saturated carbocycles. The van der Waals surface area contributed by atoms with Gasteiger partial charge >= 0.3 is 0 Å². The van der Waals surface area contributed by atoms with E-state index in [1.807, 2.05) is 17.0 Å². The molecule has 32 heavy (non-hydrogen) atoms. The van der Waals surface area contributed by atoms with Crippen molar-refractivity contribution >= 4 is 17.4 Å². The summed E-state index contributed by atoms with van der Waals surface area (Å²) in [7, 11) is 0. The number of rotatable bonds is 4. The van der Waals surface area contributed by atoms with Gasteiger partial charge in [-0.15, -0.1) is 0 Å². The molecule has 1 atom stereocenters. The lowest BCUT2D eigenvalue weighted by Crippen LogP contribution is -2.46. The number of nitrogens with one attached hydrogen (secondary N) is 2. The number of anilines is 2. The Morgan fingerprint density at radius 2 is 1.91 bits per heavy atom. The summed E-state index contributed by atoms with van der Waals surface area (Å²) in [6.07, 6.45) is 1.98. The first-order valence-corrected chi connectivity index (χ1v) is 11.3. The van der Waals surface area contributed by atoms with Crippen LogP contribution in [-0.4, -0.2) is 40.0 Å². The van der Waals surface area contributed by atoms with Gasteiger partial charge in [0.05, 0.1) is 12.5 Å². The first-order chi connectivity index (χ1) is 15.6. The smallest absolute Gasteiger partial charge is 0.227 e. The van der Waals surface area contributed by atoms with Gasteiger partial charge in [0.1, 0.15) is 23.2 Å². The second-order valence-corrected chi connectivity index (χ2v) is 8.68. The Kier molecular flexibility index (Phi) is 5.66. The highest BCUT2D eigenvalue weighted by molar-refractivity contribution is 5.80. The Bertz CT molecular complexity index is 1100. The molecule has 0 spiro atoms. The molecule has 3 aromatic rings. The predicted octanol–water partition coefficient (Wildman–Crippen LogP) is 4.08. The average molecular weight is 434 g/mol. The molecule has 3 heterocycles. The molecule has 0 aliphatic carbocycles. The zero-order valence-electron chi connectivity index (χ0n) is 18.3. The molecule has 2 N–H and O–H groups in total. The Balaban J connectivity index is 1.47. The minimum Gasteiger partial charge on any atom is -0.340 e. The molecular weight excluding hydrogens is 405 g/mol. The second kappa shape index (κ2) is 8.74. The Labute approximate surface area is 187 Å². The summed E-state index contributed by atoms with van der Waals surface area (Å²) in [4.78, 5) is 19.9. The number of imidazole rings is 1. The van der Waals surface area contributed by atoms with Crippen LogP contribution in [0.1, 0.15) is 24.2 Å². The van der Waals surface area contributed by atoms with Crippen LogP contribution in [0.2, 0.25) is 0 Å². The van der Waals surface area contributed by atoms with E-state index >= 15 is 0 Å². The number of amides is 1. The van der Waals surface area contributed by atoms with Crippen LogP contribution >= 0.6 is 0 Å². The molecule has 0 bridgehead atoms. The quantitative estimate of drug-likeness (QED) is 0.651. The van der Waals surface area contributed by atoms with Gasteiger partial charge in [0.15, 0.2) is 0 Å². The number of carbonyl (C=O) groups excluding carboxylic acids is 1. The van der Waals surface area contributed by atoms with Crippen molar-refractivity contribution in [2.24, 2.45) is 5.92 Å². The first kappa shape index (κ1) is 20.7. The summed E-state index contributed by atoms with van der Waals surface area (Å²) in [5.74, 6) is 1.71. The molecule has 2 aliphatic heterocycles. The molecule has 5 rings (SSSR count). The summed E-state index contributed by atoms with van der Waals surface area (Å²) in [6, 6.07) is 14.6. The van der Waals surface area contributed by atoms with Crippen LogP contribution in [0.15, 0.2) is 48.5 Å². The highest BCUT2D eigenvalue weighted by Crippen LogP contribution is 2.33. The Hall–Kier alpha value is -3.19. The minimum absolute atomic E-state index is 0.0481. The van der Waals surface area contributed by atoms with Crippen molar-refractivity contribution in [3.05, 3.63) is 65.7 Å². The largest absolute Gasteiger partial charge is 0.340 e. The molecule has 2 aromatic carbocycles. The Morgan fingerprint density at radius 3 is 2.62 bits per heavy atom. The molecule has 166 valence electrons. The monoisotopic (exact) mass is 433 g/mol. The topological polar surface area (TPSA) is 62.2 Å². The standard InChI is InChI=1S/C25H28FN5O/c1-17-4-10-21(11-5-17)28-24-23(18-6-8-20(26)9-7-18)29-22-16-30(13-14-31(22)24)25(32)19-3-2-12-27-15-19/h4-11,19,27-28H,2-3,12-16H2,1H3. The van der Waals surface area contributed by atoms with Crippen LogP contribution in [0.25, 0.3) is 11.3 Å². The van der Waals surface area contributed by atoms with E-state index in [0.29, 0.717) is 19.6 Å². The van der Waals surface area contributed by atoms with Gasteiger partial charge in [-0.1, -0.05) is 17.7 Å². The fourth-order valence-corrected chi connectivity index (χ4v) is 4.55. The van der Waals surface area contributed by atoms with E-state index in [2.05, 4.69) is 34.3 Å². The van der Waals surface area contributed by atoms with Crippen LogP contribution in [0.4, 0.5) is 15.9 Å². The van der Waals surface area contributed by atoms with Gasteiger partial charge in [-0.05, 0) is 62.7 Å². The van der Waals surface area contributed by atoms with Crippen molar-refractivity contribution in [1.82, 2.24) is 19.8 Å².